The summed E-state index contributed by atoms with van der Waals surface area (Å²) in [7, 11) is 1.61. The molecule has 94 valence electrons. The van der Waals surface area contributed by atoms with E-state index >= 15 is 0 Å². The molecule has 0 heterocycles. The van der Waals surface area contributed by atoms with E-state index < -0.39 is 6.10 Å². The van der Waals surface area contributed by atoms with Crippen LogP contribution >= 0.6 is 15.9 Å². The normalized spacial score (nSPS) is 16.7. The van der Waals surface area contributed by atoms with Crippen LogP contribution in [-0.2, 0) is 0 Å². The van der Waals surface area contributed by atoms with Gasteiger partial charge in [0.2, 0.25) is 0 Å². The average Bonchev–Trinajstić information content (AvgIpc) is 3.10. The molecule has 1 unspecified atom stereocenters. The van der Waals surface area contributed by atoms with Gasteiger partial charge >= 0.3 is 0 Å². The van der Waals surface area contributed by atoms with Gasteiger partial charge in [-0.15, -0.1) is 0 Å². The third-order valence-electron chi connectivity index (χ3n) is 2.89. The van der Waals surface area contributed by atoms with Crippen molar-refractivity contribution in [2.24, 2.45) is 5.92 Å². The zero-order valence-corrected chi connectivity index (χ0v) is 11.7. The lowest BCUT2D eigenvalue weighted by Gasteiger charge is -2.15. The molecule has 17 heavy (non-hydrogen) atoms. The van der Waals surface area contributed by atoms with Crippen molar-refractivity contribution in [2.75, 3.05) is 13.7 Å². The summed E-state index contributed by atoms with van der Waals surface area (Å²) in [6.07, 6.45) is 2.00. The van der Waals surface area contributed by atoms with Crippen molar-refractivity contribution in [1.29, 1.82) is 0 Å². The zero-order chi connectivity index (χ0) is 12.4. The topological polar surface area (TPSA) is 38.7 Å². The molecule has 2 rings (SSSR count). The second-order valence-electron chi connectivity index (χ2n) is 4.46. The van der Waals surface area contributed by atoms with E-state index in [0.29, 0.717) is 11.7 Å². The summed E-state index contributed by atoms with van der Waals surface area (Å²) in [5, 5.41) is 9.57. The van der Waals surface area contributed by atoms with Gasteiger partial charge < -0.3 is 14.6 Å². The molecule has 1 fully saturated rings. The Morgan fingerprint density at radius 1 is 1.47 bits per heavy atom. The number of aliphatic hydroxyl groups excluding tert-OH is 1. The summed E-state index contributed by atoms with van der Waals surface area (Å²) in [5.41, 5.74) is 0.812. The maximum atomic E-state index is 9.57. The highest BCUT2D eigenvalue weighted by molar-refractivity contribution is 9.10. The molecule has 0 amide bonds. The summed E-state index contributed by atoms with van der Waals surface area (Å²) < 4.78 is 11.9. The fourth-order valence-electron chi connectivity index (χ4n) is 1.61. The summed E-state index contributed by atoms with van der Waals surface area (Å²) in [6.45, 7) is 2.47. The van der Waals surface area contributed by atoms with Crippen molar-refractivity contribution in [2.45, 2.75) is 25.9 Å². The number of halogens is 1. The van der Waals surface area contributed by atoms with E-state index in [1.807, 2.05) is 12.1 Å². The van der Waals surface area contributed by atoms with Crippen LogP contribution in [0.1, 0.15) is 31.4 Å². The molecule has 0 saturated heterocycles. The molecule has 0 bridgehead atoms. The van der Waals surface area contributed by atoms with E-state index in [9.17, 15) is 5.11 Å². The van der Waals surface area contributed by atoms with E-state index in [-0.39, 0.29) is 0 Å². The quantitative estimate of drug-likeness (QED) is 0.907. The van der Waals surface area contributed by atoms with Crippen LogP contribution in [0.3, 0.4) is 0 Å². The highest BCUT2D eigenvalue weighted by Crippen LogP contribution is 2.39. The largest absolute Gasteiger partial charge is 0.493 e. The first-order valence-corrected chi connectivity index (χ1v) is 6.59. The first-order chi connectivity index (χ1) is 8.11. The Morgan fingerprint density at radius 3 is 2.71 bits per heavy atom. The van der Waals surface area contributed by atoms with Crippen LogP contribution in [0.25, 0.3) is 0 Å². The monoisotopic (exact) mass is 300 g/mol. The molecule has 1 N–H and O–H groups in total. The Balaban J connectivity index is 2.22. The lowest BCUT2D eigenvalue weighted by molar-refractivity contribution is 0.198. The molecule has 0 spiro atoms. The van der Waals surface area contributed by atoms with Gasteiger partial charge in [0.25, 0.3) is 0 Å². The highest BCUT2D eigenvalue weighted by Gasteiger charge is 2.23. The number of benzene rings is 1. The van der Waals surface area contributed by atoms with Gasteiger partial charge in [-0.3, -0.25) is 0 Å². The molecule has 4 heteroatoms. The maximum absolute atomic E-state index is 9.57. The van der Waals surface area contributed by atoms with Gasteiger partial charge in [0.1, 0.15) is 0 Å². The molecule has 1 aliphatic carbocycles. The number of hydrogen-bond acceptors (Lipinski definition) is 3. The van der Waals surface area contributed by atoms with Crippen LogP contribution in [0.5, 0.6) is 11.5 Å². The molecule has 1 aliphatic rings. The molecule has 1 aromatic carbocycles. The molecular formula is C13H17BrO3. The minimum atomic E-state index is -0.516. The summed E-state index contributed by atoms with van der Waals surface area (Å²) in [6, 6.07) is 3.69. The molecule has 1 aromatic rings. The van der Waals surface area contributed by atoms with E-state index in [2.05, 4.69) is 15.9 Å². The van der Waals surface area contributed by atoms with E-state index in [1.54, 1.807) is 14.0 Å². The average molecular weight is 301 g/mol. The fourth-order valence-corrected chi connectivity index (χ4v) is 2.18. The van der Waals surface area contributed by atoms with Crippen LogP contribution in [0, 0.1) is 5.92 Å². The van der Waals surface area contributed by atoms with E-state index in [4.69, 9.17) is 9.47 Å². The van der Waals surface area contributed by atoms with Crippen molar-refractivity contribution >= 4 is 15.9 Å². The zero-order valence-electron chi connectivity index (χ0n) is 10.1. The predicted octanol–water partition coefficient (Wildman–Crippen LogP) is 3.30. The minimum absolute atomic E-state index is 0.516. The Morgan fingerprint density at radius 2 is 2.18 bits per heavy atom. The van der Waals surface area contributed by atoms with E-state index in [0.717, 1.165) is 22.4 Å². The minimum Gasteiger partial charge on any atom is -0.493 e. The van der Waals surface area contributed by atoms with Crippen LogP contribution in [-0.4, -0.2) is 18.8 Å². The van der Waals surface area contributed by atoms with Gasteiger partial charge in [-0.2, -0.15) is 0 Å². The summed E-state index contributed by atoms with van der Waals surface area (Å²) in [4.78, 5) is 0. The van der Waals surface area contributed by atoms with Crippen LogP contribution in [0.4, 0.5) is 0 Å². The molecule has 1 atom stereocenters. The van der Waals surface area contributed by atoms with Crippen LogP contribution < -0.4 is 9.47 Å². The molecule has 0 radical (unpaired) electrons. The summed E-state index contributed by atoms with van der Waals surface area (Å²) in [5.74, 6) is 2.09. The van der Waals surface area contributed by atoms with Crippen LogP contribution in [0.15, 0.2) is 16.6 Å². The number of hydrogen-bond donors (Lipinski definition) is 1. The Hall–Kier alpha value is -0.740. The number of ether oxygens (including phenoxy) is 2. The fraction of sp³-hybridized carbons (Fsp3) is 0.538. The van der Waals surface area contributed by atoms with Crippen molar-refractivity contribution < 1.29 is 14.6 Å². The Kier molecular flexibility index (Phi) is 3.94. The molecule has 0 aliphatic heterocycles. The highest BCUT2D eigenvalue weighted by atomic mass is 79.9. The summed E-state index contributed by atoms with van der Waals surface area (Å²) >= 11 is 3.46. The first kappa shape index (κ1) is 12.7. The third kappa shape index (κ3) is 3.13. The Labute approximate surface area is 110 Å². The van der Waals surface area contributed by atoms with Crippen molar-refractivity contribution in [3.8, 4) is 11.5 Å². The molecule has 1 saturated carbocycles. The third-order valence-corrected chi connectivity index (χ3v) is 3.48. The van der Waals surface area contributed by atoms with Crippen molar-refractivity contribution in [3.63, 3.8) is 0 Å². The number of methoxy groups -OCH3 is 1. The predicted molar refractivity (Wildman–Crippen MR) is 69.5 cm³/mol. The second kappa shape index (κ2) is 5.27. The van der Waals surface area contributed by atoms with Gasteiger partial charge in [0.05, 0.1) is 24.3 Å². The standard InChI is InChI=1S/C13H17BrO3/c1-8(15)10-5-11(14)13(12(6-10)16-2)17-7-9-3-4-9/h5-6,8-9,15H,3-4,7H2,1-2H3. The number of rotatable bonds is 5. The van der Waals surface area contributed by atoms with Gasteiger partial charge in [-0.1, -0.05) is 0 Å². The number of aliphatic hydroxyl groups is 1. The van der Waals surface area contributed by atoms with E-state index in [1.165, 1.54) is 12.8 Å². The Bertz CT molecular complexity index is 400. The van der Waals surface area contributed by atoms with Crippen molar-refractivity contribution in [1.82, 2.24) is 0 Å². The second-order valence-corrected chi connectivity index (χ2v) is 5.32. The smallest absolute Gasteiger partial charge is 0.175 e. The van der Waals surface area contributed by atoms with Gasteiger partial charge in [0.15, 0.2) is 11.5 Å². The first-order valence-electron chi connectivity index (χ1n) is 5.80. The molecular weight excluding hydrogens is 284 g/mol. The van der Waals surface area contributed by atoms with Gasteiger partial charge in [0, 0.05) is 0 Å². The van der Waals surface area contributed by atoms with Crippen LogP contribution in [0.2, 0.25) is 0 Å². The molecule has 3 nitrogen and oxygen atoms in total. The van der Waals surface area contributed by atoms with Crippen molar-refractivity contribution in [3.05, 3.63) is 22.2 Å². The lowest BCUT2D eigenvalue weighted by Crippen LogP contribution is -2.03. The van der Waals surface area contributed by atoms with Gasteiger partial charge in [-0.05, 0) is 59.3 Å². The SMILES string of the molecule is COc1cc(C(C)O)cc(Br)c1OCC1CC1. The molecule has 0 aromatic heterocycles. The lowest BCUT2D eigenvalue weighted by atomic mass is 10.1. The maximum Gasteiger partial charge on any atom is 0.175 e. The van der Waals surface area contributed by atoms with Gasteiger partial charge in [-0.25, -0.2) is 0 Å².